The minimum absolute atomic E-state index is 0.0837. The van der Waals surface area contributed by atoms with Gasteiger partial charge >= 0.3 is 0 Å². The molecule has 1 aliphatic carbocycles. The Hall–Kier alpha value is -0.450. The number of aromatic nitrogens is 1. The van der Waals surface area contributed by atoms with Gasteiger partial charge in [-0.2, -0.15) is 0 Å². The summed E-state index contributed by atoms with van der Waals surface area (Å²) in [5.74, 6) is 0.814. The number of nitrogens with zero attached hydrogens (tertiary/aromatic N) is 1. The third-order valence-corrected chi connectivity index (χ3v) is 4.91. The van der Waals surface area contributed by atoms with E-state index in [1.807, 2.05) is 18.8 Å². The van der Waals surface area contributed by atoms with E-state index in [9.17, 15) is 0 Å². The second-order valence-electron chi connectivity index (χ2n) is 5.23. The number of nitrogens with two attached hydrogens (primary N) is 1. The predicted molar refractivity (Wildman–Crippen MR) is 71.2 cm³/mol. The van der Waals surface area contributed by atoms with Crippen LogP contribution in [0, 0.1) is 5.92 Å². The molecule has 1 fully saturated rings. The van der Waals surface area contributed by atoms with E-state index < -0.39 is 0 Å². The van der Waals surface area contributed by atoms with Crippen LogP contribution in [0.25, 0.3) is 0 Å². The normalized spacial score (nSPS) is 31.4. The Morgan fingerprint density at radius 2 is 2.29 bits per heavy atom. The van der Waals surface area contributed by atoms with E-state index in [1.54, 1.807) is 11.3 Å². The molecule has 2 rings (SSSR count). The van der Waals surface area contributed by atoms with Crippen molar-refractivity contribution in [3.8, 4) is 0 Å². The van der Waals surface area contributed by atoms with Crippen LogP contribution in [0.4, 0.5) is 0 Å². The monoisotopic (exact) mass is 254 g/mol. The zero-order chi connectivity index (χ0) is 12.3. The maximum atomic E-state index is 6.38. The van der Waals surface area contributed by atoms with Crippen LogP contribution < -0.4 is 5.73 Å². The van der Waals surface area contributed by atoms with Gasteiger partial charge in [0.15, 0.2) is 0 Å². The van der Waals surface area contributed by atoms with Gasteiger partial charge in [0.25, 0.3) is 0 Å². The van der Waals surface area contributed by atoms with Crippen molar-refractivity contribution in [2.75, 3.05) is 7.11 Å². The Bertz CT molecular complexity index is 331. The standard InChI is InChI=1S/C13H22N2OS/c1-10-3-5-13(16-2,6-4-10)12(14)7-11-8-15-9-17-11/h8-10,12H,3-7,14H2,1-2H3. The highest BCUT2D eigenvalue weighted by Crippen LogP contribution is 2.37. The average molecular weight is 254 g/mol. The number of thiazole rings is 1. The van der Waals surface area contributed by atoms with Crippen molar-refractivity contribution in [3.05, 3.63) is 16.6 Å². The van der Waals surface area contributed by atoms with Crippen LogP contribution in [-0.4, -0.2) is 23.7 Å². The molecule has 1 atom stereocenters. The van der Waals surface area contributed by atoms with Crippen LogP contribution in [-0.2, 0) is 11.2 Å². The minimum atomic E-state index is -0.115. The molecule has 0 spiro atoms. The van der Waals surface area contributed by atoms with E-state index in [0.29, 0.717) is 0 Å². The number of methoxy groups -OCH3 is 1. The molecule has 96 valence electrons. The lowest BCUT2D eigenvalue weighted by atomic mass is 9.74. The average Bonchev–Trinajstić information content (AvgIpc) is 2.83. The molecular weight excluding hydrogens is 232 g/mol. The smallest absolute Gasteiger partial charge is 0.0832 e. The predicted octanol–water partition coefficient (Wildman–Crippen LogP) is 2.61. The molecule has 1 heterocycles. The van der Waals surface area contributed by atoms with E-state index in [0.717, 1.165) is 25.2 Å². The van der Waals surface area contributed by atoms with Gasteiger partial charge in [0, 0.05) is 30.6 Å². The largest absolute Gasteiger partial charge is 0.377 e. The lowest BCUT2D eigenvalue weighted by Crippen LogP contribution is -2.52. The van der Waals surface area contributed by atoms with Crippen LogP contribution in [0.3, 0.4) is 0 Å². The van der Waals surface area contributed by atoms with Gasteiger partial charge < -0.3 is 10.5 Å². The Kier molecular flexibility index (Phi) is 4.17. The highest BCUT2D eigenvalue weighted by atomic mass is 32.1. The zero-order valence-corrected chi connectivity index (χ0v) is 11.5. The minimum Gasteiger partial charge on any atom is -0.377 e. The Morgan fingerprint density at radius 3 is 2.82 bits per heavy atom. The molecule has 0 bridgehead atoms. The van der Waals surface area contributed by atoms with Gasteiger partial charge in [0.05, 0.1) is 11.1 Å². The summed E-state index contributed by atoms with van der Waals surface area (Å²) in [6.07, 6.45) is 7.43. The van der Waals surface area contributed by atoms with Crippen LogP contribution in [0.2, 0.25) is 0 Å². The van der Waals surface area contributed by atoms with E-state index in [1.165, 1.54) is 17.7 Å². The molecular formula is C13H22N2OS. The Labute approximate surface area is 107 Å². The zero-order valence-electron chi connectivity index (χ0n) is 10.7. The fraction of sp³-hybridized carbons (Fsp3) is 0.769. The third-order valence-electron chi connectivity index (χ3n) is 4.11. The van der Waals surface area contributed by atoms with Crippen LogP contribution in [0.15, 0.2) is 11.7 Å². The van der Waals surface area contributed by atoms with Crippen LogP contribution >= 0.6 is 11.3 Å². The van der Waals surface area contributed by atoms with Gasteiger partial charge in [-0.3, -0.25) is 4.98 Å². The number of hydrogen-bond acceptors (Lipinski definition) is 4. The first-order valence-electron chi connectivity index (χ1n) is 6.34. The number of ether oxygens (including phenoxy) is 1. The summed E-state index contributed by atoms with van der Waals surface area (Å²) in [7, 11) is 1.81. The first kappa shape index (κ1) is 13.0. The molecule has 2 N–H and O–H groups in total. The summed E-state index contributed by atoms with van der Waals surface area (Å²) in [6.45, 7) is 2.31. The molecule has 1 aliphatic rings. The van der Waals surface area contributed by atoms with Gasteiger partial charge in [0.1, 0.15) is 0 Å². The van der Waals surface area contributed by atoms with Crippen LogP contribution in [0.5, 0.6) is 0 Å². The third kappa shape index (κ3) is 2.87. The van der Waals surface area contributed by atoms with Gasteiger partial charge in [-0.15, -0.1) is 11.3 Å². The summed E-state index contributed by atoms with van der Waals surface area (Å²) < 4.78 is 5.80. The number of hydrogen-bond donors (Lipinski definition) is 1. The quantitative estimate of drug-likeness (QED) is 0.898. The highest BCUT2D eigenvalue weighted by molar-refractivity contribution is 7.09. The van der Waals surface area contributed by atoms with E-state index in [-0.39, 0.29) is 11.6 Å². The van der Waals surface area contributed by atoms with Gasteiger partial charge in [-0.1, -0.05) is 6.92 Å². The maximum absolute atomic E-state index is 6.38. The molecule has 1 saturated carbocycles. The van der Waals surface area contributed by atoms with Gasteiger partial charge in [-0.25, -0.2) is 0 Å². The van der Waals surface area contributed by atoms with Crippen molar-refractivity contribution < 1.29 is 4.74 Å². The molecule has 0 saturated heterocycles. The fourth-order valence-corrected chi connectivity index (χ4v) is 3.38. The Morgan fingerprint density at radius 1 is 1.59 bits per heavy atom. The topological polar surface area (TPSA) is 48.1 Å². The van der Waals surface area contributed by atoms with E-state index >= 15 is 0 Å². The molecule has 1 aromatic rings. The molecule has 3 nitrogen and oxygen atoms in total. The van der Waals surface area contributed by atoms with Crippen molar-refractivity contribution in [2.45, 2.75) is 50.7 Å². The fourth-order valence-electron chi connectivity index (χ4n) is 2.72. The molecule has 17 heavy (non-hydrogen) atoms. The summed E-state index contributed by atoms with van der Waals surface area (Å²) >= 11 is 1.68. The highest BCUT2D eigenvalue weighted by Gasteiger charge is 2.39. The van der Waals surface area contributed by atoms with Crippen molar-refractivity contribution in [1.29, 1.82) is 0 Å². The molecule has 0 aromatic carbocycles. The molecule has 0 amide bonds. The van der Waals surface area contributed by atoms with E-state index in [2.05, 4.69) is 11.9 Å². The molecule has 4 heteroatoms. The van der Waals surface area contributed by atoms with Gasteiger partial charge in [-0.05, 0) is 31.6 Å². The molecule has 0 radical (unpaired) electrons. The van der Waals surface area contributed by atoms with Crippen molar-refractivity contribution >= 4 is 11.3 Å². The first-order chi connectivity index (χ1) is 8.16. The first-order valence-corrected chi connectivity index (χ1v) is 7.22. The van der Waals surface area contributed by atoms with E-state index in [4.69, 9.17) is 10.5 Å². The number of rotatable bonds is 4. The lowest BCUT2D eigenvalue weighted by molar-refractivity contribution is -0.0657. The lowest BCUT2D eigenvalue weighted by Gasteiger charge is -2.42. The molecule has 1 unspecified atom stereocenters. The summed E-state index contributed by atoms with van der Waals surface area (Å²) in [5.41, 5.74) is 8.14. The molecule has 1 aromatic heterocycles. The second kappa shape index (κ2) is 5.46. The summed E-state index contributed by atoms with van der Waals surface area (Å²) in [4.78, 5) is 5.36. The Balaban J connectivity index is 2.02. The summed E-state index contributed by atoms with van der Waals surface area (Å²) in [5, 5.41) is 0. The van der Waals surface area contributed by atoms with Crippen molar-refractivity contribution in [2.24, 2.45) is 11.7 Å². The maximum Gasteiger partial charge on any atom is 0.0832 e. The van der Waals surface area contributed by atoms with Crippen LogP contribution in [0.1, 0.15) is 37.5 Å². The van der Waals surface area contributed by atoms with Crippen molar-refractivity contribution in [3.63, 3.8) is 0 Å². The summed E-state index contributed by atoms with van der Waals surface area (Å²) in [6, 6.07) is 0.0837. The van der Waals surface area contributed by atoms with Gasteiger partial charge in [0.2, 0.25) is 0 Å². The second-order valence-corrected chi connectivity index (χ2v) is 6.20. The molecule has 0 aliphatic heterocycles. The van der Waals surface area contributed by atoms with Crippen molar-refractivity contribution in [1.82, 2.24) is 4.98 Å². The SMILES string of the molecule is COC1(C(N)Cc2cncs2)CCC(C)CC1.